The Morgan fingerprint density at radius 1 is 1.15 bits per heavy atom. The number of rotatable bonds is 6. The molecule has 1 fully saturated rings. The highest BCUT2D eigenvalue weighted by atomic mass is 35.5. The summed E-state index contributed by atoms with van der Waals surface area (Å²) in [7, 11) is -3.54. The lowest BCUT2D eigenvalue weighted by molar-refractivity contribution is 0.0953. The molecule has 5 nitrogen and oxygen atoms in total. The quantitative estimate of drug-likeness (QED) is 0.799. The van der Waals surface area contributed by atoms with Crippen LogP contribution < -0.4 is 5.32 Å². The van der Waals surface area contributed by atoms with Crippen LogP contribution in [0.5, 0.6) is 0 Å². The lowest BCUT2D eigenvalue weighted by Gasteiger charge is -2.17. The Hall–Kier alpha value is -1.89. The number of benzene rings is 2. The number of nitrogens with zero attached hydrogens (tertiary/aromatic N) is 1. The van der Waals surface area contributed by atoms with Gasteiger partial charge in [0.05, 0.1) is 4.90 Å². The largest absolute Gasteiger partial charge is 0.352 e. The molecule has 1 N–H and O–H groups in total. The number of carbonyl (C=O) groups is 1. The normalized spacial score (nSPS) is 15.0. The van der Waals surface area contributed by atoms with Gasteiger partial charge < -0.3 is 5.32 Å². The van der Waals surface area contributed by atoms with Crippen LogP contribution in [0.15, 0.2) is 47.4 Å². The summed E-state index contributed by atoms with van der Waals surface area (Å²) in [5, 5.41) is 3.53. The molecule has 0 aliphatic carbocycles. The van der Waals surface area contributed by atoms with E-state index >= 15 is 0 Å². The highest BCUT2D eigenvalue weighted by molar-refractivity contribution is 7.89. The van der Waals surface area contributed by atoms with Crippen molar-refractivity contribution in [2.45, 2.75) is 31.1 Å². The molecule has 144 valence electrons. The average Bonchev–Trinajstić information content (AvgIpc) is 3.17. The highest BCUT2D eigenvalue weighted by Gasteiger charge is 2.28. The standard InChI is InChI=1S/C20H23ClN2O3S/c1-15-7-8-18(27(25,26)23-11-2-3-12-23)14-19(15)20(24)22-10-9-16-5-4-6-17(21)13-16/h4-8,13-14H,2-3,9-12H2,1H3,(H,22,24). The van der Waals surface area contributed by atoms with Crippen LogP contribution in [-0.2, 0) is 16.4 Å². The van der Waals surface area contributed by atoms with Gasteiger partial charge in [-0.2, -0.15) is 4.31 Å². The maximum Gasteiger partial charge on any atom is 0.251 e. The third-order valence-corrected chi connectivity index (χ3v) is 6.87. The van der Waals surface area contributed by atoms with E-state index in [0.717, 1.165) is 24.0 Å². The Morgan fingerprint density at radius 2 is 1.89 bits per heavy atom. The van der Waals surface area contributed by atoms with E-state index in [1.165, 1.54) is 10.4 Å². The Kier molecular flexibility index (Phi) is 6.19. The second-order valence-electron chi connectivity index (χ2n) is 6.72. The van der Waals surface area contributed by atoms with Crippen LogP contribution in [0, 0.1) is 6.92 Å². The second kappa shape index (κ2) is 8.42. The van der Waals surface area contributed by atoms with E-state index in [0.29, 0.717) is 36.6 Å². The molecule has 0 spiro atoms. The van der Waals surface area contributed by atoms with Crippen LogP contribution in [0.4, 0.5) is 0 Å². The molecule has 0 saturated carbocycles. The van der Waals surface area contributed by atoms with E-state index in [1.807, 2.05) is 18.2 Å². The van der Waals surface area contributed by atoms with Gasteiger partial charge >= 0.3 is 0 Å². The molecular formula is C20H23ClN2O3S. The molecule has 1 aliphatic rings. The Morgan fingerprint density at radius 3 is 2.59 bits per heavy atom. The number of carbonyl (C=O) groups excluding carboxylic acids is 1. The lowest BCUT2D eigenvalue weighted by Crippen LogP contribution is -2.29. The van der Waals surface area contributed by atoms with Crippen molar-refractivity contribution in [3.05, 3.63) is 64.2 Å². The summed E-state index contributed by atoms with van der Waals surface area (Å²) in [5.74, 6) is -0.270. The average molecular weight is 407 g/mol. The molecule has 1 aliphatic heterocycles. The fourth-order valence-electron chi connectivity index (χ4n) is 3.19. The molecule has 2 aromatic rings. The topological polar surface area (TPSA) is 66.5 Å². The maximum atomic E-state index is 12.7. The SMILES string of the molecule is Cc1ccc(S(=O)(=O)N2CCCC2)cc1C(=O)NCCc1cccc(Cl)c1. The fraction of sp³-hybridized carbons (Fsp3) is 0.350. The first kappa shape index (κ1) is 19.9. The van der Waals surface area contributed by atoms with E-state index in [2.05, 4.69) is 5.32 Å². The van der Waals surface area contributed by atoms with E-state index in [9.17, 15) is 13.2 Å². The molecule has 1 amide bonds. The third kappa shape index (κ3) is 4.69. The predicted molar refractivity (Wildman–Crippen MR) is 107 cm³/mol. The molecule has 1 heterocycles. The van der Waals surface area contributed by atoms with Crippen molar-refractivity contribution in [1.29, 1.82) is 0 Å². The van der Waals surface area contributed by atoms with Gasteiger partial charge in [-0.3, -0.25) is 4.79 Å². The minimum absolute atomic E-state index is 0.176. The summed E-state index contributed by atoms with van der Waals surface area (Å²) in [4.78, 5) is 12.8. The van der Waals surface area contributed by atoms with Crippen LogP contribution in [-0.4, -0.2) is 38.3 Å². The Bertz CT molecular complexity index is 938. The van der Waals surface area contributed by atoms with Gasteiger partial charge in [0.1, 0.15) is 0 Å². The van der Waals surface area contributed by atoms with Crippen LogP contribution >= 0.6 is 11.6 Å². The van der Waals surface area contributed by atoms with E-state index in [1.54, 1.807) is 25.1 Å². The van der Waals surface area contributed by atoms with E-state index < -0.39 is 10.0 Å². The van der Waals surface area contributed by atoms with E-state index in [-0.39, 0.29) is 10.8 Å². The molecule has 0 aromatic heterocycles. The van der Waals surface area contributed by atoms with Crippen molar-refractivity contribution in [1.82, 2.24) is 9.62 Å². The molecule has 0 atom stereocenters. The highest BCUT2D eigenvalue weighted by Crippen LogP contribution is 2.23. The van der Waals surface area contributed by atoms with Crippen molar-refractivity contribution in [2.75, 3.05) is 19.6 Å². The smallest absolute Gasteiger partial charge is 0.251 e. The van der Waals surface area contributed by atoms with Crippen molar-refractivity contribution >= 4 is 27.5 Å². The molecule has 0 radical (unpaired) electrons. The Labute approximate surface area is 165 Å². The van der Waals surface area contributed by atoms with Crippen molar-refractivity contribution in [3.63, 3.8) is 0 Å². The summed E-state index contributed by atoms with van der Waals surface area (Å²) < 4.78 is 27.0. The molecule has 0 unspecified atom stereocenters. The third-order valence-electron chi connectivity index (χ3n) is 4.74. The van der Waals surface area contributed by atoms with Crippen LogP contribution in [0.25, 0.3) is 0 Å². The zero-order valence-electron chi connectivity index (χ0n) is 15.2. The lowest BCUT2D eigenvalue weighted by atomic mass is 10.1. The molecular weight excluding hydrogens is 384 g/mol. The number of hydrogen-bond donors (Lipinski definition) is 1. The fourth-order valence-corrected chi connectivity index (χ4v) is 4.95. The first-order valence-corrected chi connectivity index (χ1v) is 10.8. The van der Waals surface area contributed by atoms with Gasteiger partial charge in [-0.25, -0.2) is 8.42 Å². The molecule has 27 heavy (non-hydrogen) atoms. The molecule has 0 bridgehead atoms. The molecule has 7 heteroatoms. The van der Waals surface area contributed by atoms with Gasteiger partial charge in [0, 0.05) is 30.2 Å². The summed E-state index contributed by atoms with van der Waals surface area (Å²) in [6, 6.07) is 12.2. The van der Waals surface area contributed by atoms with Gasteiger partial charge in [0.25, 0.3) is 5.91 Å². The summed E-state index contributed by atoms with van der Waals surface area (Å²) in [6.45, 7) is 3.33. The van der Waals surface area contributed by atoms with Gasteiger partial charge in [-0.15, -0.1) is 0 Å². The first-order valence-electron chi connectivity index (χ1n) is 9.01. The predicted octanol–water partition coefficient (Wildman–Crippen LogP) is 3.41. The number of sulfonamides is 1. The second-order valence-corrected chi connectivity index (χ2v) is 9.10. The van der Waals surface area contributed by atoms with Crippen molar-refractivity contribution in [3.8, 4) is 0 Å². The minimum atomic E-state index is -3.54. The van der Waals surface area contributed by atoms with Crippen LogP contribution in [0.3, 0.4) is 0 Å². The summed E-state index contributed by atoms with van der Waals surface area (Å²) in [5.41, 5.74) is 2.17. The van der Waals surface area contributed by atoms with Crippen LogP contribution in [0.2, 0.25) is 5.02 Å². The van der Waals surface area contributed by atoms with E-state index in [4.69, 9.17) is 11.6 Å². The number of halogens is 1. The Balaban J connectivity index is 1.71. The zero-order chi connectivity index (χ0) is 19.4. The zero-order valence-corrected chi connectivity index (χ0v) is 16.8. The van der Waals surface area contributed by atoms with Gasteiger partial charge in [0.15, 0.2) is 0 Å². The molecule has 1 saturated heterocycles. The molecule has 2 aromatic carbocycles. The number of hydrogen-bond acceptors (Lipinski definition) is 3. The number of nitrogens with one attached hydrogen (secondary N) is 1. The van der Waals surface area contributed by atoms with Gasteiger partial charge in [0.2, 0.25) is 10.0 Å². The van der Waals surface area contributed by atoms with Crippen LogP contribution in [0.1, 0.15) is 34.3 Å². The minimum Gasteiger partial charge on any atom is -0.352 e. The van der Waals surface area contributed by atoms with Gasteiger partial charge in [-0.1, -0.05) is 29.8 Å². The summed E-state index contributed by atoms with van der Waals surface area (Å²) >= 11 is 5.97. The monoisotopic (exact) mass is 406 g/mol. The maximum absolute atomic E-state index is 12.7. The van der Waals surface area contributed by atoms with Gasteiger partial charge in [-0.05, 0) is 61.6 Å². The first-order chi connectivity index (χ1) is 12.9. The van der Waals surface area contributed by atoms with Crippen molar-refractivity contribution in [2.24, 2.45) is 0 Å². The molecule has 3 rings (SSSR count). The number of amides is 1. The van der Waals surface area contributed by atoms with Crippen molar-refractivity contribution < 1.29 is 13.2 Å². The number of aryl methyl sites for hydroxylation is 1. The summed E-state index contributed by atoms with van der Waals surface area (Å²) in [6.07, 6.45) is 2.40.